The van der Waals surface area contributed by atoms with Crippen molar-refractivity contribution in [3.8, 4) is 5.75 Å². The number of esters is 1. The van der Waals surface area contributed by atoms with E-state index in [-0.39, 0.29) is 18.4 Å². The predicted molar refractivity (Wildman–Crippen MR) is 91.2 cm³/mol. The van der Waals surface area contributed by atoms with Gasteiger partial charge in [-0.1, -0.05) is 30.3 Å². The van der Waals surface area contributed by atoms with Crippen LogP contribution in [0.3, 0.4) is 0 Å². The van der Waals surface area contributed by atoms with Crippen molar-refractivity contribution in [3.63, 3.8) is 0 Å². The maximum Gasteiger partial charge on any atom is 0.338 e. The van der Waals surface area contributed by atoms with Gasteiger partial charge in [0.25, 0.3) is 0 Å². The molecule has 0 fully saturated rings. The number of carbonyl (C=O) groups is 1. The third-order valence-corrected chi connectivity index (χ3v) is 3.88. The van der Waals surface area contributed by atoms with Crippen molar-refractivity contribution < 1.29 is 14.3 Å². The lowest BCUT2D eigenvalue weighted by molar-refractivity contribution is 0.0599. The Balaban J connectivity index is 0.00000192. The lowest BCUT2D eigenvalue weighted by atomic mass is 9.95. The molecular formula is C18H20ClNO3. The maximum atomic E-state index is 11.9. The topological polar surface area (TPSA) is 47.6 Å². The van der Waals surface area contributed by atoms with E-state index in [0.29, 0.717) is 18.7 Å². The van der Waals surface area contributed by atoms with Crippen LogP contribution in [0.5, 0.6) is 5.75 Å². The minimum atomic E-state index is -0.297. The number of ether oxygens (including phenoxy) is 2. The number of hydrogen-bond acceptors (Lipinski definition) is 4. The minimum absolute atomic E-state index is 0. The molecule has 5 heteroatoms. The van der Waals surface area contributed by atoms with E-state index in [1.807, 2.05) is 36.4 Å². The number of nitrogens with one attached hydrogen (secondary N) is 1. The van der Waals surface area contributed by atoms with Crippen LogP contribution in [0.2, 0.25) is 0 Å². The van der Waals surface area contributed by atoms with Gasteiger partial charge in [-0.25, -0.2) is 4.79 Å². The molecule has 2 aromatic carbocycles. The Hall–Kier alpha value is -2.04. The molecule has 0 spiro atoms. The summed E-state index contributed by atoms with van der Waals surface area (Å²) in [6.07, 6.45) is 0.851. The summed E-state index contributed by atoms with van der Waals surface area (Å²) in [6.45, 7) is 2.08. The van der Waals surface area contributed by atoms with Gasteiger partial charge in [0.05, 0.1) is 12.7 Å². The highest BCUT2D eigenvalue weighted by Crippen LogP contribution is 2.29. The van der Waals surface area contributed by atoms with Gasteiger partial charge >= 0.3 is 5.97 Å². The van der Waals surface area contributed by atoms with Gasteiger partial charge in [-0.2, -0.15) is 0 Å². The van der Waals surface area contributed by atoms with Crippen molar-refractivity contribution >= 4 is 18.4 Å². The van der Waals surface area contributed by atoms with Gasteiger partial charge in [-0.05, 0) is 36.2 Å². The van der Waals surface area contributed by atoms with Gasteiger partial charge in [0.2, 0.25) is 0 Å². The van der Waals surface area contributed by atoms with Gasteiger partial charge in [0.1, 0.15) is 12.4 Å². The Morgan fingerprint density at radius 3 is 2.65 bits per heavy atom. The van der Waals surface area contributed by atoms with E-state index < -0.39 is 0 Å². The van der Waals surface area contributed by atoms with Gasteiger partial charge in [0, 0.05) is 12.1 Å². The van der Waals surface area contributed by atoms with E-state index in [0.717, 1.165) is 35.4 Å². The van der Waals surface area contributed by atoms with E-state index in [1.165, 1.54) is 7.11 Å². The molecule has 0 aliphatic carbocycles. The molecule has 1 aliphatic heterocycles. The molecule has 0 saturated carbocycles. The first-order valence-electron chi connectivity index (χ1n) is 7.40. The number of fused-ring (bicyclic) bond motifs is 1. The van der Waals surface area contributed by atoms with Crippen molar-refractivity contribution in [3.05, 3.63) is 64.7 Å². The monoisotopic (exact) mass is 333 g/mol. The Bertz CT molecular complexity index is 673. The van der Waals surface area contributed by atoms with Crippen LogP contribution in [0.4, 0.5) is 0 Å². The quantitative estimate of drug-likeness (QED) is 0.873. The number of methoxy groups -OCH3 is 1. The number of carbonyl (C=O) groups excluding carboxylic acids is 1. The average molecular weight is 334 g/mol. The SMILES string of the molecule is COC(=O)c1ccc(OCc2ccccc2)c2c1CNCC2.Cl. The van der Waals surface area contributed by atoms with Gasteiger partial charge < -0.3 is 14.8 Å². The molecule has 1 aliphatic rings. The van der Waals surface area contributed by atoms with Gasteiger partial charge in [-0.3, -0.25) is 0 Å². The fourth-order valence-corrected chi connectivity index (χ4v) is 2.75. The van der Waals surface area contributed by atoms with Gasteiger partial charge in [-0.15, -0.1) is 12.4 Å². The molecule has 23 heavy (non-hydrogen) atoms. The van der Waals surface area contributed by atoms with Crippen LogP contribution < -0.4 is 10.1 Å². The largest absolute Gasteiger partial charge is 0.489 e. The number of rotatable bonds is 4. The molecule has 122 valence electrons. The Morgan fingerprint density at radius 2 is 1.91 bits per heavy atom. The third-order valence-electron chi connectivity index (χ3n) is 3.88. The predicted octanol–water partition coefficient (Wildman–Crippen LogP) is 3.12. The second-order valence-corrected chi connectivity index (χ2v) is 5.26. The lowest BCUT2D eigenvalue weighted by Gasteiger charge is -2.22. The standard InChI is InChI=1S/C18H19NO3.ClH/c1-21-18(20)15-7-8-17(14-9-10-19-11-16(14)15)22-12-13-5-3-2-4-6-13;/h2-8,19H,9-12H2,1H3;1H. The number of benzene rings is 2. The molecule has 1 N–H and O–H groups in total. The zero-order valence-corrected chi connectivity index (χ0v) is 13.8. The number of hydrogen-bond donors (Lipinski definition) is 1. The van der Waals surface area contributed by atoms with E-state index in [9.17, 15) is 4.79 Å². The minimum Gasteiger partial charge on any atom is -0.489 e. The smallest absolute Gasteiger partial charge is 0.338 e. The van der Waals surface area contributed by atoms with Crippen LogP contribution in [0.15, 0.2) is 42.5 Å². The summed E-state index contributed by atoms with van der Waals surface area (Å²) < 4.78 is 10.8. The molecule has 0 unspecified atom stereocenters. The van der Waals surface area contributed by atoms with E-state index in [4.69, 9.17) is 9.47 Å². The van der Waals surface area contributed by atoms with E-state index in [2.05, 4.69) is 5.32 Å². The highest BCUT2D eigenvalue weighted by atomic mass is 35.5. The normalized spacial score (nSPS) is 12.7. The molecule has 1 heterocycles. The summed E-state index contributed by atoms with van der Waals surface area (Å²) in [5.74, 6) is 0.558. The molecule has 0 aromatic heterocycles. The first-order chi connectivity index (χ1) is 10.8. The highest BCUT2D eigenvalue weighted by Gasteiger charge is 2.21. The Labute approximate surface area is 142 Å². The summed E-state index contributed by atoms with van der Waals surface area (Å²) in [6, 6.07) is 13.7. The van der Waals surface area contributed by atoms with Gasteiger partial charge in [0.15, 0.2) is 0 Å². The van der Waals surface area contributed by atoms with Crippen molar-refractivity contribution in [2.45, 2.75) is 19.6 Å². The fourth-order valence-electron chi connectivity index (χ4n) is 2.75. The maximum absolute atomic E-state index is 11.9. The molecule has 0 bridgehead atoms. The van der Waals surface area contributed by atoms with Crippen molar-refractivity contribution in [2.24, 2.45) is 0 Å². The Kier molecular flexibility index (Phi) is 6.02. The second-order valence-electron chi connectivity index (χ2n) is 5.26. The Morgan fingerprint density at radius 1 is 1.13 bits per heavy atom. The molecule has 0 amide bonds. The summed E-state index contributed by atoms with van der Waals surface area (Å²) in [5, 5.41) is 3.30. The first kappa shape index (κ1) is 17.3. The summed E-state index contributed by atoms with van der Waals surface area (Å²) in [4.78, 5) is 11.9. The van der Waals surface area contributed by atoms with Crippen LogP contribution >= 0.6 is 12.4 Å². The van der Waals surface area contributed by atoms with Crippen LogP contribution in [0.1, 0.15) is 27.0 Å². The van der Waals surface area contributed by atoms with Crippen molar-refractivity contribution in [1.29, 1.82) is 0 Å². The molecule has 3 rings (SSSR count). The summed E-state index contributed by atoms with van der Waals surface area (Å²) >= 11 is 0. The molecule has 4 nitrogen and oxygen atoms in total. The summed E-state index contributed by atoms with van der Waals surface area (Å²) in [5.41, 5.74) is 3.85. The highest BCUT2D eigenvalue weighted by molar-refractivity contribution is 5.92. The molecule has 0 saturated heterocycles. The zero-order chi connectivity index (χ0) is 15.4. The fraction of sp³-hybridized carbons (Fsp3) is 0.278. The van der Waals surface area contributed by atoms with Crippen molar-refractivity contribution in [2.75, 3.05) is 13.7 Å². The second kappa shape index (κ2) is 7.99. The summed E-state index contributed by atoms with van der Waals surface area (Å²) in [7, 11) is 1.41. The van der Waals surface area contributed by atoms with E-state index >= 15 is 0 Å². The van der Waals surface area contributed by atoms with Crippen LogP contribution in [-0.4, -0.2) is 19.6 Å². The van der Waals surface area contributed by atoms with E-state index in [1.54, 1.807) is 6.07 Å². The third kappa shape index (κ3) is 3.84. The lowest BCUT2D eigenvalue weighted by Crippen LogP contribution is -2.26. The van der Waals surface area contributed by atoms with Crippen molar-refractivity contribution in [1.82, 2.24) is 5.32 Å². The van der Waals surface area contributed by atoms with Crippen LogP contribution in [-0.2, 0) is 24.3 Å². The number of halogens is 1. The zero-order valence-electron chi connectivity index (χ0n) is 13.0. The van der Waals surface area contributed by atoms with Crippen LogP contribution in [0.25, 0.3) is 0 Å². The molecule has 0 atom stereocenters. The molecular weight excluding hydrogens is 314 g/mol. The average Bonchev–Trinajstić information content (AvgIpc) is 2.60. The molecule has 2 aromatic rings. The molecule has 0 radical (unpaired) electrons. The van der Waals surface area contributed by atoms with Crippen LogP contribution in [0, 0.1) is 0 Å². The first-order valence-corrected chi connectivity index (χ1v) is 7.40.